The van der Waals surface area contributed by atoms with Crippen molar-refractivity contribution in [1.82, 2.24) is 10.3 Å². The molecule has 6 heteroatoms. The van der Waals surface area contributed by atoms with Crippen LogP contribution in [0.25, 0.3) is 0 Å². The van der Waals surface area contributed by atoms with Gasteiger partial charge in [0.15, 0.2) is 0 Å². The molecular formula is C17H21N3O3. The molecular weight excluding hydrogens is 294 g/mol. The van der Waals surface area contributed by atoms with Gasteiger partial charge < -0.3 is 20.1 Å². The van der Waals surface area contributed by atoms with Crippen LogP contribution in [0.5, 0.6) is 5.75 Å². The van der Waals surface area contributed by atoms with Crippen molar-refractivity contribution in [2.75, 3.05) is 32.7 Å². The fourth-order valence-corrected chi connectivity index (χ4v) is 1.94. The second-order valence-corrected chi connectivity index (χ2v) is 4.88. The number of anilines is 1. The van der Waals surface area contributed by atoms with Crippen molar-refractivity contribution in [1.29, 1.82) is 0 Å². The number of nitrogens with zero attached hydrogens (tertiary/aromatic N) is 1. The number of nitrogens with one attached hydrogen (secondary N) is 2. The van der Waals surface area contributed by atoms with Gasteiger partial charge in [-0.15, -0.1) is 0 Å². The van der Waals surface area contributed by atoms with E-state index in [0.29, 0.717) is 31.1 Å². The van der Waals surface area contributed by atoms with E-state index in [1.165, 1.54) is 0 Å². The quantitative estimate of drug-likeness (QED) is 0.730. The van der Waals surface area contributed by atoms with Gasteiger partial charge in [-0.2, -0.15) is 0 Å². The Balaban J connectivity index is 1.85. The molecule has 0 aliphatic heterocycles. The van der Waals surface area contributed by atoms with Crippen molar-refractivity contribution >= 4 is 11.7 Å². The summed E-state index contributed by atoms with van der Waals surface area (Å²) in [5.74, 6) is 1.39. The predicted molar refractivity (Wildman–Crippen MR) is 88.8 cm³/mol. The van der Waals surface area contributed by atoms with E-state index in [0.717, 1.165) is 11.3 Å². The Labute approximate surface area is 135 Å². The van der Waals surface area contributed by atoms with Crippen LogP contribution in [0, 0.1) is 0 Å². The number of aromatic nitrogens is 1. The van der Waals surface area contributed by atoms with E-state index in [-0.39, 0.29) is 5.91 Å². The highest BCUT2D eigenvalue weighted by Gasteiger charge is 2.05. The molecule has 0 aliphatic rings. The smallest absolute Gasteiger partial charge is 0.252 e. The topological polar surface area (TPSA) is 72.5 Å². The van der Waals surface area contributed by atoms with Crippen LogP contribution in [-0.2, 0) is 11.3 Å². The number of ether oxygens (including phenoxy) is 2. The second-order valence-electron chi connectivity index (χ2n) is 4.88. The van der Waals surface area contributed by atoms with Gasteiger partial charge in [0.1, 0.15) is 11.6 Å². The number of hydrogen-bond donors (Lipinski definition) is 2. The molecule has 6 nitrogen and oxygen atoms in total. The highest BCUT2D eigenvalue weighted by molar-refractivity contribution is 5.94. The lowest BCUT2D eigenvalue weighted by atomic mass is 10.2. The lowest BCUT2D eigenvalue weighted by Crippen LogP contribution is -2.27. The lowest BCUT2D eigenvalue weighted by Gasteiger charge is -2.08. The summed E-state index contributed by atoms with van der Waals surface area (Å²) in [7, 11) is 3.24. The molecule has 1 aromatic carbocycles. The summed E-state index contributed by atoms with van der Waals surface area (Å²) >= 11 is 0. The van der Waals surface area contributed by atoms with Gasteiger partial charge in [0, 0.05) is 26.4 Å². The van der Waals surface area contributed by atoms with Crippen molar-refractivity contribution in [2.24, 2.45) is 0 Å². The Kier molecular flexibility index (Phi) is 6.38. The normalized spacial score (nSPS) is 10.2. The summed E-state index contributed by atoms with van der Waals surface area (Å²) in [6.07, 6.45) is 1.55. The number of rotatable bonds is 8. The molecule has 0 saturated heterocycles. The van der Waals surface area contributed by atoms with Crippen LogP contribution in [0.2, 0.25) is 0 Å². The second kappa shape index (κ2) is 8.75. The SMILES string of the molecule is COCCNC(=O)c1ccc(NCc2ccc(OC)cc2)nc1. The van der Waals surface area contributed by atoms with Gasteiger partial charge in [-0.25, -0.2) is 4.98 Å². The zero-order chi connectivity index (χ0) is 16.5. The fraction of sp³-hybridized carbons (Fsp3) is 0.294. The first-order valence-corrected chi connectivity index (χ1v) is 7.33. The number of pyridine rings is 1. The van der Waals surface area contributed by atoms with Gasteiger partial charge in [0.2, 0.25) is 0 Å². The molecule has 2 rings (SSSR count). The van der Waals surface area contributed by atoms with E-state index >= 15 is 0 Å². The van der Waals surface area contributed by atoms with Crippen LogP contribution >= 0.6 is 0 Å². The highest BCUT2D eigenvalue weighted by Crippen LogP contribution is 2.13. The maximum absolute atomic E-state index is 11.8. The summed E-state index contributed by atoms with van der Waals surface area (Å²) < 4.78 is 10.0. The molecule has 23 heavy (non-hydrogen) atoms. The number of hydrogen-bond acceptors (Lipinski definition) is 5. The molecule has 0 bridgehead atoms. The number of benzene rings is 1. The van der Waals surface area contributed by atoms with E-state index in [1.54, 1.807) is 32.5 Å². The maximum atomic E-state index is 11.8. The van der Waals surface area contributed by atoms with E-state index in [1.807, 2.05) is 24.3 Å². The van der Waals surface area contributed by atoms with Crippen LogP contribution in [-0.4, -0.2) is 38.3 Å². The van der Waals surface area contributed by atoms with Gasteiger partial charge in [0.25, 0.3) is 5.91 Å². The van der Waals surface area contributed by atoms with Gasteiger partial charge in [-0.05, 0) is 29.8 Å². The number of carbonyl (C=O) groups is 1. The molecule has 0 fully saturated rings. The monoisotopic (exact) mass is 315 g/mol. The molecule has 1 heterocycles. The standard InChI is InChI=1S/C17H21N3O3/c1-22-10-9-18-17(21)14-5-8-16(20-12-14)19-11-13-3-6-15(23-2)7-4-13/h3-8,12H,9-11H2,1-2H3,(H,18,21)(H,19,20). The minimum atomic E-state index is -0.156. The average Bonchev–Trinajstić information content (AvgIpc) is 2.61. The van der Waals surface area contributed by atoms with Crippen molar-refractivity contribution in [3.8, 4) is 5.75 Å². The van der Waals surface area contributed by atoms with Crippen molar-refractivity contribution in [3.63, 3.8) is 0 Å². The van der Waals surface area contributed by atoms with E-state index < -0.39 is 0 Å². The first-order valence-electron chi connectivity index (χ1n) is 7.33. The van der Waals surface area contributed by atoms with Gasteiger partial charge in [-0.1, -0.05) is 12.1 Å². The van der Waals surface area contributed by atoms with E-state index in [4.69, 9.17) is 9.47 Å². The molecule has 0 spiro atoms. The summed E-state index contributed by atoms with van der Waals surface area (Å²) in [6, 6.07) is 11.3. The third kappa shape index (κ3) is 5.27. The summed E-state index contributed by atoms with van der Waals surface area (Å²) in [6.45, 7) is 1.61. The van der Waals surface area contributed by atoms with Gasteiger partial charge in [0.05, 0.1) is 19.3 Å². The predicted octanol–water partition coefficient (Wildman–Crippen LogP) is 2.08. The molecule has 1 aromatic heterocycles. The summed E-state index contributed by atoms with van der Waals surface area (Å²) in [5.41, 5.74) is 1.64. The molecule has 2 N–H and O–H groups in total. The Morgan fingerprint density at radius 3 is 2.52 bits per heavy atom. The Morgan fingerprint density at radius 2 is 1.91 bits per heavy atom. The molecule has 0 atom stereocenters. The Morgan fingerprint density at radius 1 is 1.13 bits per heavy atom. The first-order chi connectivity index (χ1) is 11.2. The third-order valence-electron chi connectivity index (χ3n) is 3.25. The minimum absolute atomic E-state index is 0.156. The van der Waals surface area contributed by atoms with Crippen LogP contribution in [0.3, 0.4) is 0 Å². The zero-order valence-corrected chi connectivity index (χ0v) is 13.3. The fourth-order valence-electron chi connectivity index (χ4n) is 1.94. The van der Waals surface area contributed by atoms with Crippen molar-refractivity contribution in [3.05, 3.63) is 53.7 Å². The molecule has 0 saturated carbocycles. The highest BCUT2D eigenvalue weighted by atomic mass is 16.5. The van der Waals surface area contributed by atoms with E-state index in [9.17, 15) is 4.79 Å². The van der Waals surface area contributed by atoms with Crippen LogP contribution < -0.4 is 15.4 Å². The van der Waals surface area contributed by atoms with Gasteiger partial charge in [-0.3, -0.25) is 4.79 Å². The lowest BCUT2D eigenvalue weighted by molar-refractivity contribution is 0.0937. The number of amides is 1. The molecule has 122 valence electrons. The maximum Gasteiger partial charge on any atom is 0.252 e. The molecule has 1 amide bonds. The molecule has 0 radical (unpaired) electrons. The van der Waals surface area contributed by atoms with Crippen molar-refractivity contribution in [2.45, 2.75) is 6.54 Å². The van der Waals surface area contributed by atoms with Crippen LogP contribution in [0.4, 0.5) is 5.82 Å². The Bertz CT molecular complexity index is 612. The Hall–Kier alpha value is -2.60. The van der Waals surface area contributed by atoms with Gasteiger partial charge >= 0.3 is 0 Å². The van der Waals surface area contributed by atoms with Crippen molar-refractivity contribution < 1.29 is 14.3 Å². The van der Waals surface area contributed by atoms with Crippen LogP contribution in [0.15, 0.2) is 42.6 Å². The first kappa shape index (κ1) is 16.8. The van der Waals surface area contributed by atoms with E-state index in [2.05, 4.69) is 15.6 Å². The van der Waals surface area contributed by atoms with Crippen LogP contribution in [0.1, 0.15) is 15.9 Å². The third-order valence-corrected chi connectivity index (χ3v) is 3.25. The average molecular weight is 315 g/mol. The molecule has 0 unspecified atom stereocenters. The summed E-state index contributed by atoms with van der Waals surface area (Å²) in [5, 5.41) is 5.97. The largest absolute Gasteiger partial charge is 0.497 e. The molecule has 0 aliphatic carbocycles. The minimum Gasteiger partial charge on any atom is -0.497 e. The summed E-state index contributed by atoms with van der Waals surface area (Å²) in [4.78, 5) is 16.1. The zero-order valence-electron chi connectivity index (χ0n) is 13.3. The number of methoxy groups -OCH3 is 2. The molecule has 2 aromatic rings. The number of carbonyl (C=O) groups excluding carboxylic acids is 1.